The number of benzene rings is 1. The second kappa shape index (κ2) is 9.53. The highest BCUT2D eigenvalue weighted by Gasteiger charge is 2.31. The molecule has 0 spiro atoms. The highest BCUT2D eigenvalue weighted by Crippen LogP contribution is 2.34. The molecule has 8 nitrogen and oxygen atoms in total. The summed E-state index contributed by atoms with van der Waals surface area (Å²) in [5.41, 5.74) is 1.06. The van der Waals surface area contributed by atoms with Crippen molar-refractivity contribution in [2.75, 3.05) is 11.9 Å². The molecule has 2 heterocycles. The van der Waals surface area contributed by atoms with Crippen molar-refractivity contribution in [3.8, 4) is 33.8 Å². The van der Waals surface area contributed by atoms with E-state index in [1.165, 1.54) is 6.07 Å². The van der Waals surface area contributed by atoms with Gasteiger partial charge in [0.05, 0.1) is 17.8 Å². The predicted molar refractivity (Wildman–Crippen MR) is 120 cm³/mol. The number of phenolic OH excluding ortho intramolecular Hbond substituents is 1. The van der Waals surface area contributed by atoms with Crippen LogP contribution in [0.2, 0.25) is 0 Å². The van der Waals surface area contributed by atoms with Gasteiger partial charge in [0.25, 0.3) is 0 Å². The van der Waals surface area contributed by atoms with Crippen molar-refractivity contribution in [2.24, 2.45) is 5.92 Å². The summed E-state index contributed by atoms with van der Waals surface area (Å²) < 4.78 is 14.8. The maximum atomic E-state index is 14.8. The van der Waals surface area contributed by atoms with E-state index >= 15 is 0 Å². The Hall–Kier alpha value is -3.19. The largest absolute Gasteiger partial charge is 0.507 e. The summed E-state index contributed by atoms with van der Waals surface area (Å²) in [6, 6.07) is 6.66. The third kappa shape index (κ3) is 4.53. The Morgan fingerprint density at radius 1 is 1.25 bits per heavy atom. The van der Waals surface area contributed by atoms with Crippen LogP contribution in [0, 0.1) is 17.2 Å². The van der Waals surface area contributed by atoms with Crippen LogP contribution in [0.25, 0.3) is 22.0 Å². The molecule has 1 saturated carbocycles. The molecule has 0 saturated heterocycles. The predicted octanol–water partition coefficient (Wildman–Crippen LogP) is 4.38. The fourth-order valence-corrected chi connectivity index (χ4v) is 4.77. The van der Waals surface area contributed by atoms with Gasteiger partial charge in [-0.15, -0.1) is 20.4 Å². The van der Waals surface area contributed by atoms with Crippen LogP contribution in [0.1, 0.15) is 44.0 Å². The van der Waals surface area contributed by atoms with E-state index in [1.807, 2.05) is 18.0 Å². The molecule has 2 aromatic heterocycles. The van der Waals surface area contributed by atoms with E-state index in [1.54, 1.807) is 18.3 Å². The van der Waals surface area contributed by atoms with E-state index in [2.05, 4.69) is 32.3 Å². The van der Waals surface area contributed by atoms with Crippen molar-refractivity contribution >= 4 is 17.2 Å². The van der Waals surface area contributed by atoms with Gasteiger partial charge in [0.2, 0.25) is 5.01 Å². The molecule has 0 aliphatic heterocycles. The molecular formula is C22H24FN7OS. The van der Waals surface area contributed by atoms with Crippen LogP contribution in [0.3, 0.4) is 0 Å². The first-order valence-corrected chi connectivity index (χ1v) is 11.5. The number of phenols is 1. The van der Waals surface area contributed by atoms with Crippen molar-refractivity contribution in [1.82, 2.24) is 25.4 Å². The van der Waals surface area contributed by atoms with Crippen molar-refractivity contribution < 1.29 is 9.50 Å². The summed E-state index contributed by atoms with van der Waals surface area (Å²) in [5, 5.41) is 36.4. The van der Waals surface area contributed by atoms with Crippen LogP contribution < -0.4 is 4.90 Å². The number of halogens is 1. The second-order valence-corrected chi connectivity index (χ2v) is 9.01. The molecule has 1 aromatic carbocycles. The molecule has 0 bridgehead atoms. The molecule has 4 rings (SSSR count). The number of anilines is 1. The van der Waals surface area contributed by atoms with Gasteiger partial charge in [-0.3, -0.25) is 0 Å². The van der Waals surface area contributed by atoms with E-state index in [0.717, 1.165) is 37.0 Å². The van der Waals surface area contributed by atoms with Gasteiger partial charge in [-0.05, 0) is 30.9 Å². The smallest absolute Gasteiger partial charge is 0.218 e. The first kappa shape index (κ1) is 22.0. The first-order valence-electron chi connectivity index (χ1n) is 10.6. The average Bonchev–Trinajstić information content (AvgIpc) is 3.22. The molecule has 0 amide bonds. The molecule has 3 atom stereocenters. The fraction of sp³-hybridized carbons (Fsp3) is 0.455. The molecule has 1 aliphatic carbocycles. The molecule has 1 N–H and O–H groups in total. The van der Waals surface area contributed by atoms with E-state index in [4.69, 9.17) is 5.26 Å². The monoisotopic (exact) mass is 453 g/mol. The van der Waals surface area contributed by atoms with Gasteiger partial charge in [-0.2, -0.15) is 5.26 Å². The lowest BCUT2D eigenvalue weighted by atomic mass is 9.94. The molecule has 0 radical (unpaired) electrons. The van der Waals surface area contributed by atoms with Crippen LogP contribution in [0.5, 0.6) is 5.75 Å². The molecule has 0 unspecified atom stereocenters. The molecule has 166 valence electrons. The molecule has 10 heteroatoms. The summed E-state index contributed by atoms with van der Waals surface area (Å²) in [6.45, 7) is 2.15. The second-order valence-electron chi connectivity index (χ2n) is 8.03. The van der Waals surface area contributed by atoms with Gasteiger partial charge >= 0.3 is 0 Å². The van der Waals surface area contributed by atoms with E-state index in [9.17, 15) is 9.50 Å². The minimum atomic E-state index is -0.906. The van der Waals surface area contributed by atoms with Crippen LogP contribution in [0.4, 0.5) is 10.2 Å². The number of nitrogens with zero attached hydrogens (tertiary/aromatic N) is 7. The maximum absolute atomic E-state index is 14.8. The maximum Gasteiger partial charge on any atom is 0.218 e. The summed E-state index contributed by atoms with van der Waals surface area (Å²) >= 11 is 1.14. The number of hydrogen-bond acceptors (Lipinski definition) is 9. The van der Waals surface area contributed by atoms with Gasteiger partial charge in [0.15, 0.2) is 11.6 Å². The molecule has 1 fully saturated rings. The fourth-order valence-electron chi connectivity index (χ4n) is 4.14. The Bertz CT molecular complexity index is 1110. The third-order valence-electron chi connectivity index (χ3n) is 6.08. The van der Waals surface area contributed by atoms with Crippen LogP contribution in [-0.4, -0.2) is 49.7 Å². The SMILES string of the molecule is CC[C@@H]1CCC[C@H](F)[C@H](N(C)c2cnc(-c3ccc(-c4nnc(C#N)s4)cc3O)nn2)C1. The lowest BCUT2D eigenvalue weighted by Crippen LogP contribution is -2.40. The summed E-state index contributed by atoms with van der Waals surface area (Å²) in [6.07, 6.45) is 5.04. The molecule has 1 aliphatic rings. The zero-order valence-corrected chi connectivity index (χ0v) is 18.8. The van der Waals surface area contributed by atoms with Crippen LogP contribution in [-0.2, 0) is 0 Å². The van der Waals surface area contributed by atoms with Crippen molar-refractivity contribution in [2.45, 2.75) is 51.2 Å². The standard InChI is InChI=1S/C22H24FN7OS/c1-3-13-5-4-6-16(23)17(9-13)30(2)19-12-25-21(28-26-19)15-8-7-14(10-18(15)31)22-29-27-20(11-24)32-22/h7-8,10,12-13,16-17,31H,3-6,9H2,1-2H3/t13-,16+,17-/m1/s1. The van der Waals surface area contributed by atoms with Gasteiger partial charge in [0, 0.05) is 12.6 Å². The van der Waals surface area contributed by atoms with Crippen LogP contribution >= 0.6 is 11.3 Å². The Morgan fingerprint density at radius 2 is 2.09 bits per heavy atom. The normalized spacial score (nSPS) is 21.0. The minimum absolute atomic E-state index is 0.0301. The zero-order valence-electron chi connectivity index (χ0n) is 17.9. The minimum Gasteiger partial charge on any atom is -0.507 e. The number of alkyl halides is 1. The third-order valence-corrected chi connectivity index (χ3v) is 6.95. The average molecular weight is 454 g/mol. The Kier molecular flexibility index (Phi) is 6.55. The van der Waals surface area contributed by atoms with Gasteiger partial charge < -0.3 is 10.0 Å². The molecule has 32 heavy (non-hydrogen) atoms. The number of hydrogen-bond donors (Lipinski definition) is 1. The summed E-state index contributed by atoms with van der Waals surface area (Å²) in [4.78, 5) is 6.21. The van der Waals surface area contributed by atoms with E-state index < -0.39 is 6.17 Å². The zero-order chi connectivity index (χ0) is 22.7. The summed E-state index contributed by atoms with van der Waals surface area (Å²) in [5.74, 6) is 1.26. The van der Waals surface area contributed by atoms with Crippen LogP contribution in [0.15, 0.2) is 24.4 Å². The van der Waals surface area contributed by atoms with Gasteiger partial charge in [-0.1, -0.05) is 43.6 Å². The Labute approximate surface area is 189 Å². The number of nitriles is 1. The first-order chi connectivity index (χ1) is 15.5. The lowest BCUT2D eigenvalue weighted by Gasteiger charge is -2.31. The van der Waals surface area contributed by atoms with E-state index in [0.29, 0.717) is 34.3 Å². The van der Waals surface area contributed by atoms with Gasteiger partial charge in [-0.25, -0.2) is 9.37 Å². The number of rotatable bonds is 5. The van der Waals surface area contributed by atoms with Crippen molar-refractivity contribution in [3.05, 3.63) is 29.4 Å². The quantitative estimate of drug-likeness (QED) is 0.567. The number of aromatic hydroxyl groups is 1. The highest BCUT2D eigenvalue weighted by atomic mass is 32.1. The highest BCUT2D eigenvalue weighted by molar-refractivity contribution is 7.15. The van der Waals surface area contributed by atoms with Crippen molar-refractivity contribution in [3.63, 3.8) is 0 Å². The van der Waals surface area contributed by atoms with Crippen molar-refractivity contribution in [1.29, 1.82) is 5.26 Å². The lowest BCUT2D eigenvalue weighted by molar-refractivity contribution is 0.253. The molecular weight excluding hydrogens is 429 g/mol. The number of aromatic nitrogens is 5. The Balaban J connectivity index is 1.53. The Morgan fingerprint density at radius 3 is 2.75 bits per heavy atom. The topological polar surface area (TPSA) is 112 Å². The summed E-state index contributed by atoms with van der Waals surface area (Å²) in [7, 11) is 1.84. The van der Waals surface area contributed by atoms with E-state index in [-0.39, 0.29) is 22.6 Å². The van der Waals surface area contributed by atoms with Gasteiger partial charge in [0.1, 0.15) is 23.0 Å². The molecule has 3 aromatic rings.